The van der Waals surface area contributed by atoms with Gasteiger partial charge < -0.3 is 10.8 Å². The highest BCUT2D eigenvalue weighted by atomic mass is 32.2. The summed E-state index contributed by atoms with van der Waals surface area (Å²) in [5, 5.41) is 11.1. The van der Waals surface area contributed by atoms with Crippen molar-refractivity contribution in [1.82, 2.24) is 5.01 Å². The quantitative estimate of drug-likeness (QED) is 0.272. The predicted octanol–water partition coefficient (Wildman–Crippen LogP) is 0.463. The molecule has 2 atom stereocenters. The molecule has 1 aliphatic carbocycles. The first-order chi connectivity index (χ1) is 8.57. The summed E-state index contributed by atoms with van der Waals surface area (Å²) in [5.41, 5.74) is 5.83. The summed E-state index contributed by atoms with van der Waals surface area (Å²) in [6, 6.07) is -0.451. The van der Waals surface area contributed by atoms with E-state index in [0.29, 0.717) is 6.42 Å². The van der Waals surface area contributed by atoms with Gasteiger partial charge in [0, 0.05) is 12.1 Å². The largest absolute Gasteiger partial charge is 0.382 e. The number of hydrazine groups is 1. The van der Waals surface area contributed by atoms with Gasteiger partial charge in [-0.1, -0.05) is 19.8 Å². The van der Waals surface area contributed by atoms with E-state index in [1.54, 1.807) is 11.8 Å². The highest BCUT2D eigenvalue weighted by molar-refractivity contribution is 7.99. The molecule has 0 spiro atoms. The molecular weight excluding hydrogens is 250 g/mol. The molecule has 0 aromatic rings. The fourth-order valence-corrected chi connectivity index (χ4v) is 2.95. The maximum atomic E-state index is 12.0. The van der Waals surface area contributed by atoms with Crippen molar-refractivity contribution in [3.05, 3.63) is 0 Å². The standard InChI is InChI=1S/C12H25N3O2S/c1-2-18-8-7-10(13)11(16)12(17)15(14)9-5-3-4-6-9/h9-11,16H,2-8,13-14H2,1H3/t10-,11?/m1/s1. The summed E-state index contributed by atoms with van der Waals surface area (Å²) in [4.78, 5) is 12.0. The van der Waals surface area contributed by atoms with Crippen LogP contribution in [0.2, 0.25) is 0 Å². The van der Waals surface area contributed by atoms with Gasteiger partial charge in [0.25, 0.3) is 5.91 Å². The molecule has 18 heavy (non-hydrogen) atoms. The van der Waals surface area contributed by atoms with E-state index in [4.69, 9.17) is 11.6 Å². The number of aliphatic hydroxyl groups is 1. The summed E-state index contributed by atoms with van der Waals surface area (Å²) >= 11 is 1.75. The lowest BCUT2D eigenvalue weighted by Crippen LogP contribution is -2.54. The van der Waals surface area contributed by atoms with Gasteiger partial charge >= 0.3 is 0 Å². The third kappa shape index (κ3) is 4.42. The summed E-state index contributed by atoms with van der Waals surface area (Å²) < 4.78 is 0. The summed E-state index contributed by atoms with van der Waals surface area (Å²) in [5.74, 6) is 7.22. The second-order valence-electron chi connectivity index (χ2n) is 4.78. The van der Waals surface area contributed by atoms with Gasteiger partial charge in [0.2, 0.25) is 0 Å². The van der Waals surface area contributed by atoms with Crippen molar-refractivity contribution in [2.45, 2.75) is 57.2 Å². The number of hydrogen-bond donors (Lipinski definition) is 3. The van der Waals surface area contributed by atoms with Crippen LogP contribution >= 0.6 is 11.8 Å². The molecule has 0 aliphatic heterocycles. The minimum absolute atomic E-state index is 0.0735. The van der Waals surface area contributed by atoms with Crippen LogP contribution in [0.15, 0.2) is 0 Å². The van der Waals surface area contributed by atoms with Gasteiger partial charge in [0.15, 0.2) is 0 Å². The molecule has 1 saturated carbocycles. The molecule has 0 bridgehead atoms. The van der Waals surface area contributed by atoms with Gasteiger partial charge in [-0.25, -0.2) is 5.84 Å². The molecule has 5 nitrogen and oxygen atoms in total. The number of amides is 1. The Hall–Kier alpha value is -0.300. The minimum atomic E-state index is -1.17. The first kappa shape index (κ1) is 15.8. The molecule has 0 heterocycles. The highest BCUT2D eigenvalue weighted by Crippen LogP contribution is 2.22. The zero-order chi connectivity index (χ0) is 13.5. The van der Waals surface area contributed by atoms with Crippen LogP contribution in [0.4, 0.5) is 0 Å². The van der Waals surface area contributed by atoms with Gasteiger partial charge in [0.05, 0.1) is 0 Å². The number of carbonyl (C=O) groups excluding carboxylic acids is 1. The second kappa shape index (κ2) is 7.99. The molecule has 106 valence electrons. The Balaban J connectivity index is 2.38. The predicted molar refractivity (Wildman–Crippen MR) is 74.9 cm³/mol. The molecule has 0 aromatic heterocycles. The van der Waals surface area contributed by atoms with Gasteiger partial charge in [-0.3, -0.25) is 9.80 Å². The van der Waals surface area contributed by atoms with E-state index in [0.717, 1.165) is 37.2 Å². The molecule has 5 N–H and O–H groups in total. The van der Waals surface area contributed by atoms with Crippen LogP contribution in [-0.2, 0) is 4.79 Å². The van der Waals surface area contributed by atoms with Crippen LogP contribution in [0.3, 0.4) is 0 Å². The van der Waals surface area contributed by atoms with E-state index in [-0.39, 0.29) is 6.04 Å². The summed E-state index contributed by atoms with van der Waals surface area (Å²) in [6.07, 6.45) is 3.51. The van der Waals surface area contributed by atoms with E-state index in [2.05, 4.69) is 6.92 Å². The van der Waals surface area contributed by atoms with E-state index < -0.39 is 18.1 Å². The monoisotopic (exact) mass is 275 g/mol. The Kier molecular flexibility index (Phi) is 6.99. The van der Waals surface area contributed by atoms with Gasteiger partial charge in [-0.05, 0) is 30.8 Å². The lowest BCUT2D eigenvalue weighted by molar-refractivity contribution is -0.144. The van der Waals surface area contributed by atoms with E-state index in [1.165, 1.54) is 5.01 Å². The third-order valence-corrected chi connectivity index (χ3v) is 4.36. The van der Waals surface area contributed by atoms with Crippen LogP contribution in [0, 0.1) is 0 Å². The Morgan fingerprint density at radius 3 is 2.67 bits per heavy atom. The number of nitrogens with two attached hydrogens (primary N) is 2. The van der Waals surface area contributed by atoms with Crippen LogP contribution in [0.5, 0.6) is 0 Å². The number of carbonyl (C=O) groups is 1. The fourth-order valence-electron chi connectivity index (χ4n) is 2.22. The van der Waals surface area contributed by atoms with Gasteiger partial charge in [-0.15, -0.1) is 0 Å². The normalized spacial score (nSPS) is 19.8. The lowest BCUT2D eigenvalue weighted by Gasteiger charge is -2.28. The van der Waals surface area contributed by atoms with Crippen molar-refractivity contribution in [1.29, 1.82) is 0 Å². The number of rotatable bonds is 7. The molecule has 1 amide bonds. The molecule has 1 aliphatic rings. The van der Waals surface area contributed by atoms with Crippen molar-refractivity contribution in [2.75, 3.05) is 11.5 Å². The maximum Gasteiger partial charge on any atom is 0.267 e. The minimum Gasteiger partial charge on any atom is -0.382 e. The van der Waals surface area contributed by atoms with Crippen LogP contribution in [0.1, 0.15) is 39.0 Å². The second-order valence-corrected chi connectivity index (χ2v) is 6.17. The van der Waals surface area contributed by atoms with Crippen molar-refractivity contribution in [2.24, 2.45) is 11.6 Å². The zero-order valence-electron chi connectivity index (χ0n) is 11.0. The molecule has 0 radical (unpaired) electrons. The number of nitrogens with zero attached hydrogens (tertiary/aromatic N) is 1. The van der Waals surface area contributed by atoms with Crippen molar-refractivity contribution in [3.63, 3.8) is 0 Å². The summed E-state index contributed by atoms with van der Waals surface area (Å²) in [6.45, 7) is 2.07. The van der Waals surface area contributed by atoms with E-state index in [1.807, 2.05) is 0 Å². The first-order valence-corrected chi connectivity index (χ1v) is 7.82. The highest BCUT2D eigenvalue weighted by Gasteiger charge is 2.31. The Morgan fingerprint density at radius 1 is 1.50 bits per heavy atom. The first-order valence-electron chi connectivity index (χ1n) is 6.67. The average Bonchev–Trinajstić information content (AvgIpc) is 2.90. The molecule has 6 heteroatoms. The fraction of sp³-hybridized carbons (Fsp3) is 0.917. The van der Waals surface area contributed by atoms with Crippen LogP contribution in [-0.4, -0.2) is 45.7 Å². The molecular formula is C12H25N3O2S. The molecule has 1 unspecified atom stereocenters. The Bertz CT molecular complexity index is 260. The average molecular weight is 275 g/mol. The molecule has 1 fully saturated rings. The lowest BCUT2D eigenvalue weighted by atomic mass is 10.1. The molecule has 1 rings (SSSR count). The maximum absolute atomic E-state index is 12.0. The van der Waals surface area contributed by atoms with Crippen molar-refractivity contribution < 1.29 is 9.90 Å². The van der Waals surface area contributed by atoms with Gasteiger partial charge in [0.1, 0.15) is 6.10 Å². The Labute approximate surface area is 113 Å². The van der Waals surface area contributed by atoms with Crippen molar-refractivity contribution in [3.8, 4) is 0 Å². The van der Waals surface area contributed by atoms with E-state index in [9.17, 15) is 9.90 Å². The molecule has 0 aromatic carbocycles. The van der Waals surface area contributed by atoms with Crippen LogP contribution < -0.4 is 11.6 Å². The topological polar surface area (TPSA) is 92.6 Å². The zero-order valence-corrected chi connectivity index (χ0v) is 11.9. The number of thioether (sulfide) groups is 1. The number of hydrogen-bond acceptors (Lipinski definition) is 5. The SMILES string of the molecule is CCSCC[C@@H](N)C(O)C(=O)N(N)C1CCCC1. The van der Waals surface area contributed by atoms with Crippen LogP contribution in [0.25, 0.3) is 0 Å². The molecule has 0 saturated heterocycles. The number of aliphatic hydroxyl groups excluding tert-OH is 1. The van der Waals surface area contributed by atoms with E-state index >= 15 is 0 Å². The smallest absolute Gasteiger partial charge is 0.267 e. The van der Waals surface area contributed by atoms with Crippen molar-refractivity contribution >= 4 is 17.7 Å². The third-order valence-electron chi connectivity index (χ3n) is 3.43. The Morgan fingerprint density at radius 2 is 2.11 bits per heavy atom. The summed E-state index contributed by atoms with van der Waals surface area (Å²) in [7, 11) is 0. The van der Waals surface area contributed by atoms with Gasteiger partial charge in [-0.2, -0.15) is 11.8 Å².